The zero-order valence-electron chi connectivity index (χ0n) is 12.9. The second-order valence-corrected chi connectivity index (χ2v) is 5.97. The van der Waals surface area contributed by atoms with Gasteiger partial charge in [-0.15, -0.1) is 0 Å². The fourth-order valence-corrected chi connectivity index (χ4v) is 2.85. The lowest BCUT2D eigenvalue weighted by Crippen LogP contribution is -2.31. The molecule has 1 heterocycles. The van der Waals surface area contributed by atoms with Gasteiger partial charge in [0.25, 0.3) is 0 Å². The number of hydrogen-bond acceptors (Lipinski definition) is 2. The maximum Gasteiger partial charge on any atom is 0.224 e. The van der Waals surface area contributed by atoms with Gasteiger partial charge in [-0.2, -0.15) is 0 Å². The van der Waals surface area contributed by atoms with E-state index in [1.54, 1.807) is 0 Å². The van der Waals surface area contributed by atoms with Crippen molar-refractivity contribution in [2.45, 2.75) is 19.9 Å². The Morgan fingerprint density at radius 1 is 1.18 bits per heavy atom. The minimum Gasteiger partial charge on any atom is -0.352 e. The van der Waals surface area contributed by atoms with E-state index >= 15 is 0 Å². The van der Waals surface area contributed by atoms with Gasteiger partial charge in [0.05, 0.1) is 5.92 Å². The monoisotopic (exact) mass is 294 g/mol. The van der Waals surface area contributed by atoms with Crippen LogP contribution >= 0.6 is 0 Å². The van der Waals surface area contributed by atoms with Crippen LogP contribution in [0.4, 0.5) is 0 Å². The molecule has 3 nitrogen and oxygen atoms in total. The lowest BCUT2D eigenvalue weighted by molar-refractivity contribution is -0.124. The average molecular weight is 294 g/mol. The van der Waals surface area contributed by atoms with Gasteiger partial charge in [-0.1, -0.05) is 54.1 Å². The molecule has 3 heteroatoms. The highest BCUT2D eigenvalue weighted by molar-refractivity contribution is 5.79. The number of hydrogen-bond donors (Lipinski definition) is 2. The van der Waals surface area contributed by atoms with E-state index in [2.05, 4.69) is 66.1 Å². The molecule has 1 saturated heterocycles. The minimum absolute atomic E-state index is 0.131. The first-order valence-corrected chi connectivity index (χ1v) is 7.87. The predicted molar refractivity (Wildman–Crippen MR) is 89.4 cm³/mol. The van der Waals surface area contributed by atoms with E-state index in [0.717, 1.165) is 25.1 Å². The van der Waals surface area contributed by atoms with Crippen molar-refractivity contribution < 1.29 is 4.79 Å². The van der Waals surface area contributed by atoms with Gasteiger partial charge in [-0.25, -0.2) is 0 Å². The molecule has 0 bridgehead atoms. The summed E-state index contributed by atoms with van der Waals surface area (Å²) >= 11 is 0. The Morgan fingerprint density at radius 2 is 2.00 bits per heavy atom. The summed E-state index contributed by atoms with van der Waals surface area (Å²) in [6, 6.07) is 16.9. The van der Waals surface area contributed by atoms with E-state index in [9.17, 15) is 4.79 Å². The quantitative estimate of drug-likeness (QED) is 0.910. The van der Waals surface area contributed by atoms with Crippen molar-refractivity contribution in [3.05, 3.63) is 59.7 Å². The van der Waals surface area contributed by atoms with Gasteiger partial charge in [-0.05, 0) is 36.6 Å². The normalized spacial score (nSPS) is 17.4. The summed E-state index contributed by atoms with van der Waals surface area (Å²) in [7, 11) is 0. The number of amides is 1. The number of benzene rings is 2. The first-order valence-electron chi connectivity index (χ1n) is 7.87. The van der Waals surface area contributed by atoms with Crippen molar-refractivity contribution in [2.75, 3.05) is 13.1 Å². The zero-order chi connectivity index (χ0) is 15.4. The maximum atomic E-state index is 12.0. The SMILES string of the molecule is Cc1cccc(-c2ccc(CNC(=O)C3CCNC3)cc2)c1. The molecule has 0 aromatic heterocycles. The zero-order valence-corrected chi connectivity index (χ0v) is 12.9. The van der Waals surface area contributed by atoms with Crippen molar-refractivity contribution in [1.29, 1.82) is 0 Å². The molecular weight excluding hydrogens is 272 g/mol. The van der Waals surface area contributed by atoms with Gasteiger partial charge >= 0.3 is 0 Å². The van der Waals surface area contributed by atoms with Crippen LogP contribution in [0.15, 0.2) is 48.5 Å². The number of rotatable bonds is 4. The fraction of sp³-hybridized carbons (Fsp3) is 0.316. The Labute approximate surface area is 131 Å². The highest BCUT2D eigenvalue weighted by Gasteiger charge is 2.21. The summed E-state index contributed by atoms with van der Waals surface area (Å²) in [5.74, 6) is 0.291. The molecule has 22 heavy (non-hydrogen) atoms. The second kappa shape index (κ2) is 6.75. The molecule has 3 rings (SSSR count). The molecule has 1 amide bonds. The number of carbonyl (C=O) groups excluding carboxylic acids is 1. The average Bonchev–Trinajstić information content (AvgIpc) is 3.08. The number of carbonyl (C=O) groups is 1. The Balaban J connectivity index is 1.60. The molecule has 0 radical (unpaired) electrons. The smallest absolute Gasteiger partial charge is 0.224 e. The van der Waals surface area contributed by atoms with Gasteiger partial charge in [-0.3, -0.25) is 4.79 Å². The van der Waals surface area contributed by atoms with E-state index in [0.29, 0.717) is 6.54 Å². The molecule has 2 aromatic carbocycles. The van der Waals surface area contributed by atoms with E-state index in [1.807, 2.05) is 0 Å². The number of nitrogens with one attached hydrogen (secondary N) is 2. The van der Waals surface area contributed by atoms with Crippen molar-refractivity contribution >= 4 is 5.91 Å². The van der Waals surface area contributed by atoms with Crippen molar-refractivity contribution in [3.63, 3.8) is 0 Å². The molecular formula is C19H22N2O. The molecule has 0 aliphatic carbocycles. The summed E-state index contributed by atoms with van der Waals surface area (Å²) in [4.78, 5) is 12.0. The third kappa shape index (κ3) is 3.55. The molecule has 2 aromatic rings. The topological polar surface area (TPSA) is 41.1 Å². The third-order valence-electron chi connectivity index (χ3n) is 4.20. The second-order valence-electron chi connectivity index (χ2n) is 5.97. The van der Waals surface area contributed by atoms with Crippen LogP contribution in [0.5, 0.6) is 0 Å². The van der Waals surface area contributed by atoms with Crippen molar-refractivity contribution in [2.24, 2.45) is 5.92 Å². The van der Waals surface area contributed by atoms with Crippen molar-refractivity contribution in [3.8, 4) is 11.1 Å². The molecule has 1 atom stereocenters. The standard InChI is InChI=1S/C19H22N2O/c1-14-3-2-4-17(11-14)16-7-5-15(6-8-16)12-21-19(22)18-9-10-20-13-18/h2-8,11,18,20H,9-10,12-13H2,1H3,(H,21,22). The molecule has 1 fully saturated rings. The van der Waals surface area contributed by atoms with Crippen LogP contribution in [-0.4, -0.2) is 19.0 Å². The summed E-state index contributed by atoms with van der Waals surface area (Å²) < 4.78 is 0. The predicted octanol–water partition coefficient (Wildman–Crippen LogP) is 2.89. The lowest BCUT2D eigenvalue weighted by Gasteiger charge is -2.10. The van der Waals surface area contributed by atoms with Crippen LogP contribution in [0.25, 0.3) is 11.1 Å². The van der Waals surface area contributed by atoms with Crippen LogP contribution in [-0.2, 0) is 11.3 Å². The van der Waals surface area contributed by atoms with Gasteiger partial charge in [0.15, 0.2) is 0 Å². The third-order valence-corrected chi connectivity index (χ3v) is 4.20. The highest BCUT2D eigenvalue weighted by atomic mass is 16.1. The van der Waals surface area contributed by atoms with Crippen LogP contribution in [0.3, 0.4) is 0 Å². The van der Waals surface area contributed by atoms with E-state index in [4.69, 9.17) is 0 Å². The van der Waals surface area contributed by atoms with Gasteiger partial charge in [0.2, 0.25) is 5.91 Å². The molecule has 0 saturated carbocycles. The maximum absolute atomic E-state index is 12.0. The molecule has 1 unspecified atom stereocenters. The van der Waals surface area contributed by atoms with E-state index < -0.39 is 0 Å². The number of aryl methyl sites for hydroxylation is 1. The minimum atomic E-state index is 0.131. The van der Waals surface area contributed by atoms with Crippen LogP contribution in [0, 0.1) is 12.8 Å². The fourth-order valence-electron chi connectivity index (χ4n) is 2.85. The lowest BCUT2D eigenvalue weighted by atomic mass is 10.0. The summed E-state index contributed by atoms with van der Waals surface area (Å²) in [5.41, 5.74) is 4.83. The van der Waals surface area contributed by atoms with Gasteiger partial charge in [0.1, 0.15) is 0 Å². The molecule has 1 aliphatic heterocycles. The van der Waals surface area contributed by atoms with Crippen LogP contribution < -0.4 is 10.6 Å². The van der Waals surface area contributed by atoms with Crippen LogP contribution in [0.1, 0.15) is 17.5 Å². The molecule has 114 valence electrons. The molecule has 1 aliphatic rings. The first kappa shape index (κ1) is 14.8. The van der Waals surface area contributed by atoms with Crippen molar-refractivity contribution in [1.82, 2.24) is 10.6 Å². The Hall–Kier alpha value is -2.13. The highest BCUT2D eigenvalue weighted by Crippen LogP contribution is 2.20. The Bertz CT molecular complexity index is 643. The van der Waals surface area contributed by atoms with Gasteiger partial charge in [0, 0.05) is 13.1 Å². The Kier molecular flexibility index (Phi) is 4.54. The summed E-state index contributed by atoms with van der Waals surface area (Å²) in [5, 5.41) is 6.25. The Morgan fingerprint density at radius 3 is 2.68 bits per heavy atom. The summed E-state index contributed by atoms with van der Waals surface area (Å²) in [6.07, 6.45) is 0.943. The molecule has 0 spiro atoms. The molecule has 2 N–H and O–H groups in total. The van der Waals surface area contributed by atoms with Crippen LogP contribution in [0.2, 0.25) is 0 Å². The van der Waals surface area contributed by atoms with E-state index in [1.165, 1.54) is 16.7 Å². The summed E-state index contributed by atoms with van der Waals surface area (Å²) in [6.45, 7) is 4.45. The largest absolute Gasteiger partial charge is 0.352 e. The van der Waals surface area contributed by atoms with E-state index in [-0.39, 0.29) is 11.8 Å². The van der Waals surface area contributed by atoms with Gasteiger partial charge < -0.3 is 10.6 Å². The first-order chi connectivity index (χ1) is 10.7.